The Balaban J connectivity index is 2.11. The fourth-order valence-electron chi connectivity index (χ4n) is 2.24. The van der Waals surface area contributed by atoms with Gasteiger partial charge in [0.25, 0.3) is 0 Å². The van der Waals surface area contributed by atoms with Crippen molar-refractivity contribution in [3.63, 3.8) is 0 Å². The lowest BCUT2D eigenvalue weighted by molar-refractivity contribution is 0.423. The molecule has 1 aromatic heterocycles. The zero-order valence-corrected chi connectivity index (χ0v) is 9.48. The summed E-state index contributed by atoms with van der Waals surface area (Å²) in [4.78, 5) is 6.40. The Bertz CT molecular complexity index is 335. The van der Waals surface area contributed by atoms with E-state index in [1.54, 1.807) is 6.20 Å². The topological polar surface area (TPSA) is 42.2 Å². The van der Waals surface area contributed by atoms with E-state index in [-0.39, 0.29) is 0 Å². The average molecular weight is 205 g/mol. The lowest BCUT2D eigenvalue weighted by atomic mass is 9.95. The highest BCUT2D eigenvalue weighted by molar-refractivity contribution is 5.66. The Kier molecular flexibility index (Phi) is 2.80. The molecule has 1 aliphatic rings. The first-order valence-electron chi connectivity index (χ1n) is 5.63. The number of nitrogens with two attached hydrogens (primary N) is 1. The minimum absolute atomic E-state index is 0.762. The second-order valence-corrected chi connectivity index (χ2v) is 4.67. The normalized spacial score (nSPS) is 21.3. The van der Waals surface area contributed by atoms with E-state index in [9.17, 15) is 0 Å². The number of aromatic nitrogens is 1. The fraction of sp³-hybridized carbons (Fsp3) is 0.583. The van der Waals surface area contributed by atoms with Crippen LogP contribution in [0.25, 0.3) is 0 Å². The van der Waals surface area contributed by atoms with Crippen molar-refractivity contribution in [2.45, 2.75) is 20.3 Å². The molecule has 15 heavy (non-hydrogen) atoms. The van der Waals surface area contributed by atoms with Gasteiger partial charge in [-0.1, -0.05) is 13.8 Å². The van der Waals surface area contributed by atoms with Crippen molar-refractivity contribution in [3.05, 3.63) is 18.5 Å². The lowest BCUT2D eigenvalue weighted by Gasteiger charge is -2.21. The molecule has 0 radical (unpaired) electrons. The largest absolute Gasteiger partial charge is 0.396 e. The Morgan fingerprint density at radius 3 is 2.93 bits per heavy atom. The minimum atomic E-state index is 0.762. The number of pyridine rings is 1. The molecule has 0 aromatic carbocycles. The van der Waals surface area contributed by atoms with Crippen LogP contribution in [0.15, 0.2) is 18.5 Å². The average Bonchev–Trinajstić information content (AvgIpc) is 2.67. The molecular weight excluding hydrogens is 186 g/mol. The van der Waals surface area contributed by atoms with Gasteiger partial charge in [0.1, 0.15) is 0 Å². The summed E-state index contributed by atoms with van der Waals surface area (Å²) in [5.41, 5.74) is 7.86. The number of anilines is 2. The lowest BCUT2D eigenvalue weighted by Crippen LogP contribution is -2.22. The zero-order valence-electron chi connectivity index (χ0n) is 9.48. The molecule has 2 heterocycles. The van der Waals surface area contributed by atoms with E-state index < -0.39 is 0 Å². The number of nitrogens with zero attached hydrogens (tertiary/aromatic N) is 2. The molecule has 1 aromatic rings. The van der Waals surface area contributed by atoms with Gasteiger partial charge in [0.2, 0.25) is 0 Å². The van der Waals surface area contributed by atoms with E-state index in [0.717, 1.165) is 36.3 Å². The van der Waals surface area contributed by atoms with Gasteiger partial charge < -0.3 is 10.6 Å². The molecule has 1 fully saturated rings. The molecule has 1 atom stereocenters. The summed E-state index contributed by atoms with van der Waals surface area (Å²) in [6, 6.07) is 2.01. The maximum absolute atomic E-state index is 5.92. The highest BCUT2D eigenvalue weighted by Crippen LogP contribution is 2.30. The molecule has 0 spiro atoms. The highest BCUT2D eigenvalue weighted by atomic mass is 15.2. The van der Waals surface area contributed by atoms with Crippen LogP contribution in [0.4, 0.5) is 11.4 Å². The summed E-state index contributed by atoms with van der Waals surface area (Å²) in [6.07, 6.45) is 4.83. The predicted octanol–water partition coefficient (Wildman–Crippen LogP) is 2.15. The van der Waals surface area contributed by atoms with Crippen LogP contribution in [0.3, 0.4) is 0 Å². The third kappa shape index (κ3) is 2.06. The van der Waals surface area contributed by atoms with Crippen LogP contribution < -0.4 is 10.6 Å². The summed E-state index contributed by atoms with van der Waals surface area (Å²) in [7, 11) is 0. The third-order valence-corrected chi connectivity index (χ3v) is 3.34. The van der Waals surface area contributed by atoms with Gasteiger partial charge in [0, 0.05) is 19.3 Å². The van der Waals surface area contributed by atoms with E-state index >= 15 is 0 Å². The van der Waals surface area contributed by atoms with Crippen LogP contribution in [0.1, 0.15) is 20.3 Å². The molecule has 1 unspecified atom stereocenters. The molecule has 2 rings (SSSR count). The van der Waals surface area contributed by atoms with Gasteiger partial charge in [0.15, 0.2) is 0 Å². The third-order valence-electron chi connectivity index (χ3n) is 3.34. The van der Waals surface area contributed by atoms with Crippen molar-refractivity contribution in [1.29, 1.82) is 0 Å². The quantitative estimate of drug-likeness (QED) is 0.804. The van der Waals surface area contributed by atoms with Gasteiger partial charge in [-0.3, -0.25) is 4.98 Å². The van der Waals surface area contributed by atoms with Crippen LogP contribution >= 0.6 is 0 Å². The zero-order chi connectivity index (χ0) is 10.8. The summed E-state index contributed by atoms with van der Waals surface area (Å²) >= 11 is 0. The maximum atomic E-state index is 5.92. The van der Waals surface area contributed by atoms with Gasteiger partial charge in [0.05, 0.1) is 17.6 Å². The fourth-order valence-corrected chi connectivity index (χ4v) is 2.24. The van der Waals surface area contributed by atoms with Crippen LogP contribution in [-0.2, 0) is 0 Å². The van der Waals surface area contributed by atoms with Crippen molar-refractivity contribution in [3.8, 4) is 0 Å². The van der Waals surface area contributed by atoms with Crippen molar-refractivity contribution >= 4 is 11.4 Å². The molecule has 2 N–H and O–H groups in total. The van der Waals surface area contributed by atoms with E-state index in [2.05, 4.69) is 23.7 Å². The monoisotopic (exact) mass is 205 g/mol. The molecule has 3 heteroatoms. The second-order valence-electron chi connectivity index (χ2n) is 4.67. The highest BCUT2D eigenvalue weighted by Gasteiger charge is 2.25. The summed E-state index contributed by atoms with van der Waals surface area (Å²) in [6.45, 7) is 6.84. The predicted molar refractivity (Wildman–Crippen MR) is 63.8 cm³/mol. The van der Waals surface area contributed by atoms with Gasteiger partial charge >= 0.3 is 0 Å². The van der Waals surface area contributed by atoms with Crippen LogP contribution in [0, 0.1) is 11.8 Å². The molecule has 0 saturated carbocycles. The van der Waals surface area contributed by atoms with Gasteiger partial charge in [-0.25, -0.2) is 0 Å². The molecule has 1 saturated heterocycles. The number of rotatable bonds is 2. The minimum Gasteiger partial charge on any atom is -0.396 e. The SMILES string of the molecule is CC(C)C1CCN(c2ccncc2N)C1. The number of nitrogen functional groups attached to an aromatic ring is 1. The number of hydrogen-bond acceptors (Lipinski definition) is 3. The smallest absolute Gasteiger partial charge is 0.0738 e. The standard InChI is InChI=1S/C12H19N3/c1-9(2)10-4-6-15(8-10)12-3-5-14-7-11(12)13/h3,5,7,9-10H,4,6,8,13H2,1-2H3. The molecule has 0 amide bonds. The van der Waals surface area contributed by atoms with Gasteiger partial charge in [-0.2, -0.15) is 0 Å². The summed E-state index contributed by atoms with van der Waals surface area (Å²) in [5, 5.41) is 0. The van der Waals surface area contributed by atoms with E-state index in [1.165, 1.54) is 6.42 Å². The summed E-state index contributed by atoms with van der Waals surface area (Å²) in [5.74, 6) is 1.57. The molecular formula is C12H19N3. The van der Waals surface area contributed by atoms with Crippen molar-refractivity contribution in [2.75, 3.05) is 23.7 Å². The second kappa shape index (κ2) is 4.09. The van der Waals surface area contributed by atoms with Crippen molar-refractivity contribution in [2.24, 2.45) is 11.8 Å². The Morgan fingerprint density at radius 2 is 2.33 bits per heavy atom. The van der Waals surface area contributed by atoms with Crippen LogP contribution in [0.2, 0.25) is 0 Å². The summed E-state index contributed by atoms with van der Waals surface area (Å²) < 4.78 is 0. The van der Waals surface area contributed by atoms with E-state index in [0.29, 0.717) is 0 Å². The first-order valence-corrected chi connectivity index (χ1v) is 5.63. The molecule has 0 aliphatic carbocycles. The van der Waals surface area contributed by atoms with Crippen molar-refractivity contribution < 1.29 is 0 Å². The van der Waals surface area contributed by atoms with Crippen LogP contribution in [-0.4, -0.2) is 18.1 Å². The van der Waals surface area contributed by atoms with E-state index in [4.69, 9.17) is 5.73 Å². The first kappa shape index (κ1) is 10.3. The first-order chi connectivity index (χ1) is 7.18. The molecule has 82 valence electrons. The molecule has 0 bridgehead atoms. The van der Waals surface area contributed by atoms with Gasteiger partial charge in [-0.15, -0.1) is 0 Å². The van der Waals surface area contributed by atoms with Crippen molar-refractivity contribution in [1.82, 2.24) is 4.98 Å². The van der Waals surface area contributed by atoms with Gasteiger partial charge in [-0.05, 0) is 24.3 Å². The molecule has 1 aliphatic heterocycles. The Labute approximate surface area is 91.3 Å². The maximum Gasteiger partial charge on any atom is 0.0738 e. The molecule has 3 nitrogen and oxygen atoms in total. The Hall–Kier alpha value is -1.25. The van der Waals surface area contributed by atoms with Crippen LogP contribution in [0.5, 0.6) is 0 Å². The van der Waals surface area contributed by atoms with E-state index in [1.807, 2.05) is 12.3 Å². The number of hydrogen-bond donors (Lipinski definition) is 1. The Morgan fingerprint density at radius 1 is 1.53 bits per heavy atom.